The van der Waals surface area contributed by atoms with Gasteiger partial charge in [0, 0.05) is 0 Å². The Bertz CT molecular complexity index is 523. The molecule has 86 valence electrons. The lowest BCUT2D eigenvalue weighted by Gasteiger charge is -2.17. The molecule has 1 aliphatic heterocycles. The summed E-state index contributed by atoms with van der Waals surface area (Å²) in [5.41, 5.74) is 8.30. The van der Waals surface area contributed by atoms with Gasteiger partial charge in [-0.1, -0.05) is 29.8 Å². The molecule has 4 heteroatoms. The van der Waals surface area contributed by atoms with Gasteiger partial charge in [-0.3, -0.25) is 9.69 Å². The van der Waals surface area contributed by atoms with Gasteiger partial charge in [0.05, 0.1) is 24.6 Å². The van der Waals surface area contributed by atoms with E-state index in [-0.39, 0.29) is 18.1 Å². The first-order valence-electron chi connectivity index (χ1n) is 5.36. The second-order valence-corrected chi connectivity index (χ2v) is 4.12. The van der Waals surface area contributed by atoms with Crippen LogP contribution < -0.4 is 5.73 Å². The lowest BCUT2D eigenvalue weighted by molar-refractivity contribution is -0.127. The average Bonchev–Trinajstić information content (AvgIpc) is 2.59. The maximum atomic E-state index is 11.7. The van der Waals surface area contributed by atoms with Crippen LogP contribution in [0.4, 0.5) is 0 Å². The molecule has 0 spiro atoms. The first-order chi connectivity index (χ1) is 8.11. The minimum atomic E-state index is -0.111. The van der Waals surface area contributed by atoms with E-state index in [0.717, 1.165) is 5.56 Å². The van der Waals surface area contributed by atoms with Gasteiger partial charge >= 0.3 is 0 Å². The number of nitrogens with zero attached hydrogens (tertiary/aromatic N) is 2. The van der Waals surface area contributed by atoms with Crippen LogP contribution in [-0.2, 0) is 11.3 Å². The number of hydrogen-bond acceptors (Lipinski definition) is 3. The standard InChI is InChI=1S/C13H13N3O/c1-9-2-4-10(5-3-9)8-16-12(17)6-11(7-14)13(16)15/h2-5H,6,8,15H2,1H3. The van der Waals surface area contributed by atoms with Crippen molar-refractivity contribution < 1.29 is 4.79 Å². The molecule has 1 heterocycles. The number of nitriles is 1. The molecule has 1 aliphatic rings. The van der Waals surface area contributed by atoms with Crippen LogP contribution in [0.25, 0.3) is 0 Å². The zero-order chi connectivity index (χ0) is 12.4. The summed E-state index contributed by atoms with van der Waals surface area (Å²) in [7, 11) is 0. The van der Waals surface area contributed by atoms with Crippen molar-refractivity contribution in [2.75, 3.05) is 0 Å². The summed E-state index contributed by atoms with van der Waals surface area (Å²) >= 11 is 0. The Balaban J connectivity index is 2.20. The van der Waals surface area contributed by atoms with E-state index in [4.69, 9.17) is 11.0 Å². The molecule has 0 saturated heterocycles. The molecule has 17 heavy (non-hydrogen) atoms. The van der Waals surface area contributed by atoms with E-state index in [1.807, 2.05) is 37.3 Å². The molecule has 0 aliphatic carbocycles. The second-order valence-electron chi connectivity index (χ2n) is 4.12. The Morgan fingerprint density at radius 2 is 2.06 bits per heavy atom. The molecule has 0 unspecified atom stereocenters. The highest BCUT2D eigenvalue weighted by molar-refractivity contribution is 5.85. The molecule has 0 fully saturated rings. The van der Waals surface area contributed by atoms with Crippen LogP contribution in [0.15, 0.2) is 35.7 Å². The summed E-state index contributed by atoms with van der Waals surface area (Å²) in [6.07, 6.45) is 0.119. The number of amides is 1. The maximum absolute atomic E-state index is 11.7. The minimum Gasteiger partial charge on any atom is -0.384 e. The van der Waals surface area contributed by atoms with Gasteiger partial charge in [-0.2, -0.15) is 5.26 Å². The fourth-order valence-corrected chi connectivity index (χ4v) is 1.78. The van der Waals surface area contributed by atoms with E-state index < -0.39 is 0 Å². The van der Waals surface area contributed by atoms with Crippen molar-refractivity contribution in [2.45, 2.75) is 19.9 Å². The number of rotatable bonds is 2. The summed E-state index contributed by atoms with van der Waals surface area (Å²) in [5, 5.41) is 8.81. The largest absolute Gasteiger partial charge is 0.384 e. The Labute approximate surface area is 99.9 Å². The van der Waals surface area contributed by atoms with Crippen LogP contribution in [0.2, 0.25) is 0 Å². The minimum absolute atomic E-state index is 0.111. The van der Waals surface area contributed by atoms with Gasteiger partial charge in [0.2, 0.25) is 5.91 Å². The van der Waals surface area contributed by atoms with Crippen molar-refractivity contribution in [1.82, 2.24) is 4.90 Å². The molecule has 0 saturated carbocycles. The molecule has 1 aromatic rings. The summed E-state index contributed by atoms with van der Waals surface area (Å²) in [5.74, 6) is 0.178. The number of aryl methyl sites for hydroxylation is 1. The van der Waals surface area contributed by atoms with Crippen LogP contribution >= 0.6 is 0 Å². The Kier molecular flexibility index (Phi) is 2.84. The number of benzene rings is 1. The highest BCUT2D eigenvalue weighted by Crippen LogP contribution is 2.22. The lowest BCUT2D eigenvalue weighted by Crippen LogP contribution is -2.28. The maximum Gasteiger partial charge on any atom is 0.233 e. The first-order valence-corrected chi connectivity index (χ1v) is 5.36. The highest BCUT2D eigenvalue weighted by atomic mass is 16.2. The Morgan fingerprint density at radius 1 is 1.41 bits per heavy atom. The molecule has 0 aromatic heterocycles. The zero-order valence-electron chi connectivity index (χ0n) is 9.60. The molecule has 0 bridgehead atoms. The van der Waals surface area contributed by atoms with Gasteiger partial charge in [-0.25, -0.2) is 0 Å². The summed E-state index contributed by atoms with van der Waals surface area (Å²) in [4.78, 5) is 13.1. The topological polar surface area (TPSA) is 70.1 Å². The van der Waals surface area contributed by atoms with Crippen LogP contribution in [0.1, 0.15) is 17.5 Å². The van der Waals surface area contributed by atoms with Crippen molar-refractivity contribution in [3.05, 3.63) is 46.8 Å². The second kappa shape index (κ2) is 4.30. The average molecular weight is 227 g/mol. The van der Waals surface area contributed by atoms with Crippen molar-refractivity contribution in [2.24, 2.45) is 5.73 Å². The van der Waals surface area contributed by atoms with Gasteiger partial charge in [0.1, 0.15) is 5.82 Å². The number of hydrogen-bond donors (Lipinski definition) is 1. The normalized spacial score (nSPS) is 15.3. The third-order valence-electron chi connectivity index (χ3n) is 2.83. The summed E-state index contributed by atoms with van der Waals surface area (Å²) < 4.78 is 0. The smallest absolute Gasteiger partial charge is 0.233 e. The fraction of sp³-hybridized carbons (Fsp3) is 0.231. The van der Waals surface area contributed by atoms with E-state index in [2.05, 4.69) is 0 Å². The van der Waals surface area contributed by atoms with Crippen molar-refractivity contribution in [3.63, 3.8) is 0 Å². The van der Waals surface area contributed by atoms with Gasteiger partial charge in [0.15, 0.2) is 0 Å². The first kappa shape index (κ1) is 11.2. The van der Waals surface area contributed by atoms with Gasteiger partial charge in [0.25, 0.3) is 0 Å². The molecular weight excluding hydrogens is 214 g/mol. The van der Waals surface area contributed by atoms with E-state index in [1.54, 1.807) is 0 Å². The number of carbonyl (C=O) groups is 1. The Morgan fingerprint density at radius 3 is 2.59 bits per heavy atom. The zero-order valence-corrected chi connectivity index (χ0v) is 9.60. The predicted molar refractivity (Wildman–Crippen MR) is 63.2 cm³/mol. The third kappa shape index (κ3) is 2.13. The van der Waals surface area contributed by atoms with Crippen LogP contribution in [0.3, 0.4) is 0 Å². The van der Waals surface area contributed by atoms with Crippen LogP contribution in [-0.4, -0.2) is 10.8 Å². The van der Waals surface area contributed by atoms with Crippen molar-refractivity contribution >= 4 is 5.91 Å². The number of nitrogens with two attached hydrogens (primary N) is 1. The van der Waals surface area contributed by atoms with Gasteiger partial charge in [-0.05, 0) is 12.5 Å². The molecule has 0 radical (unpaired) electrons. The van der Waals surface area contributed by atoms with Gasteiger partial charge in [-0.15, -0.1) is 0 Å². The molecular formula is C13H13N3O. The fourth-order valence-electron chi connectivity index (χ4n) is 1.78. The van der Waals surface area contributed by atoms with Crippen molar-refractivity contribution in [1.29, 1.82) is 5.26 Å². The summed E-state index contributed by atoms with van der Waals surface area (Å²) in [6, 6.07) is 9.85. The SMILES string of the molecule is Cc1ccc(CN2C(=O)CC(C#N)=C2N)cc1. The molecule has 4 nitrogen and oxygen atoms in total. The molecule has 1 amide bonds. The molecule has 1 aromatic carbocycles. The lowest BCUT2D eigenvalue weighted by atomic mass is 10.1. The third-order valence-corrected chi connectivity index (χ3v) is 2.83. The van der Waals surface area contributed by atoms with E-state index in [0.29, 0.717) is 12.1 Å². The summed E-state index contributed by atoms with van der Waals surface area (Å²) in [6.45, 7) is 2.43. The Hall–Kier alpha value is -2.28. The van der Waals surface area contributed by atoms with Crippen LogP contribution in [0, 0.1) is 18.3 Å². The monoisotopic (exact) mass is 227 g/mol. The predicted octanol–water partition coefficient (Wildman–Crippen LogP) is 1.42. The molecule has 0 atom stereocenters. The highest BCUT2D eigenvalue weighted by Gasteiger charge is 2.28. The van der Waals surface area contributed by atoms with Crippen LogP contribution in [0.5, 0.6) is 0 Å². The van der Waals surface area contributed by atoms with Crippen molar-refractivity contribution in [3.8, 4) is 6.07 Å². The molecule has 2 rings (SSSR count). The van der Waals surface area contributed by atoms with E-state index in [9.17, 15) is 4.79 Å². The van der Waals surface area contributed by atoms with Gasteiger partial charge < -0.3 is 5.73 Å². The van der Waals surface area contributed by atoms with E-state index in [1.165, 1.54) is 10.5 Å². The van der Waals surface area contributed by atoms with E-state index >= 15 is 0 Å². The quantitative estimate of drug-likeness (QED) is 0.830. The molecule has 2 N–H and O–H groups in total. The number of carbonyl (C=O) groups excluding carboxylic acids is 1.